The molecular formula is C20H21N5O. The SMILES string of the molecule is Cc1ccc(N2CCCC(C(=O)Nc3cccc4ncccc34)C2)nn1. The van der Waals surface area contributed by atoms with Crippen LogP contribution in [0.4, 0.5) is 11.5 Å². The number of rotatable bonds is 3. The Hall–Kier alpha value is -3.02. The minimum atomic E-state index is -0.0706. The molecule has 1 fully saturated rings. The molecule has 0 radical (unpaired) electrons. The van der Waals surface area contributed by atoms with Crippen LogP contribution in [0.2, 0.25) is 0 Å². The van der Waals surface area contributed by atoms with Crippen molar-refractivity contribution in [3.05, 3.63) is 54.4 Å². The highest BCUT2D eigenvalue weighted by atomic mass is 16.1. The van der Waals surface area contributed by atoms with Crippen molar-refractivity contribution in [2.24, 2.45) is 5.92 Å². The highest BCUT2D eigenvalue weighted by Gasteiger charge is 2.27. The summed E-state index contributed by atoms with van der Waals surface area (Å²) in [6, 6.07) is 13.6. The fourth-order valence-electron chi connectivity index (χ4n) is 3.41. The lowest BCUT2D eigenvalue weighted by molar-refractivity contribution is -0.120. The smallest absolute Gasteiger partial charge is 0.229 e. The van der Waals surface area contributed by atoms with Gasteiger partial charge in [-0.3, -0.25) is 9.78 Å². The molecule has 1 aromatic carbocycles. The lowest BCUT2D eigenvalue weighted by Crippen LogP contribution is -2.41. The van der Waals surface area contributed by atoms with Crippen LogP contribution in [-0.2, 0) is 4.79 Å². The summed E-state index contributed by atoms with van der Waals surface area (Å²) >= 11 is 0. The predicted molar refractivity (Wildman–Crippen MR) is 102 cm³/mol. The Bertz CT molecular complexity index is 920. The maximum absolute atomic E-state index is 12.8. The first kappa shape index (κ1) is 16.4. The van der Waals surface area contributed by atoms with Crippen molar-refractivity contribution in [2.75, 3.05) is 23.3 Å². The van der Waals surface area contributed by atoms with E-state index in [0.29, 0.717) is 6.54 Å². The first-order chi connectivity index (χ1) is 12.7. The van der Waals surface area contributed by atoms with Crippen LogP contribution in [0.15, 0.2) is 48.7 Å². The molecular weight excluding hydrogens is 326 g/mol. The third-order valence-corrected chi connectivity index (χ3v) is 4.80. The lowest BCUT2D eigenvalue weighted by Gasteiger charge is -2.32. The summed E-state index contributed by atoms with van der Waals surface area (Å²) in [7, 11) is 0. The Morgan fingerprint density at radius 2 is 2.08 bits per heavy atom. The summed E-state index contributed by atoms with van der Waals surface area (Å²) in [6.45, 7) is 3.48. The molecule has 4 rings (SSSR count). The van der Waals surface area contributed by atoms with Crippen molar-refractivity contribution >= 4 is 28.3 Å². The van der Waals surface area contributed by atoms with Gasteiger partial charge in [-0.2, -0.15) is 5.10 Å². The first-order valence-corrected chi connectivity index (χ1v) is 8.90. The van der Waals surface area contributed by atoms with Gasteiger partial charge in [0.2, 0.25) is 5.91 Å². The summed E-state index contributed by atoms with van der Waals surface area (Å²) in [5.41, 5.74) is 2.59. The topological polar surface area (TPSA) is 71.0 Å². The van der Waals surface area contributed by atoms with Crippen LogP contribution in [-0.4, -0.2) is 34.2 Å². The number of fused-ring (bicyclic) bond motifs is 1. The molecule has 2 aromatic heterocycles. The van der Waals surface area contributed by atoms with Crippen LogP contribution in [0, 0.1) is 12.8 Å². The average molecular weight is 347 g/mol. The number of carbonyl (C=O) groups is 1. The van der Waals surface area contributed by atoms with Crippen molar-refractivity contribution in [1.29, 1.82) is 0 Å². The number of anilines is 2. The number of amides is 1. The molecule has 1 aliphatic heterocycles. The molecule has 6 heteroatoms. The molecule has 1 saturated heterocycles. The maximum Gasteiger partial charge on any atom is 0.229 e. The van der Waals surface area contributed by atoms with Crippen molar-refractivity contribution in [1.82, 2.24) is 15.2 Å². The zero-order chi connectivity index (χ0) is 17.9. The molecule has 0 aliphatic carbocycles. The molecule has 1 aliphatic rings. The molecule has 1 unspecified atom stereocenters. The van der Waals surface area contributed by atoms with Gasteiger partial charge in [0.25, 0.3) is 0 Å². The molecule has 132 valence electrons. The number of pyridine rings is 1. The average Bonchev–Trinajstić information content (AvgIpc) is 2.69. The third-order valence-electron chi connectivity index (χ3n) is 4.80. The highest BCUT2D eigenvalue weighted by molar-refractivity contribution is 6.01. The van der Waals surface area contributed by atoms with E-state index in [1.165, 1.54) is 0 Å². The minimum Gasteiger partial charge on any atom is -0.354 e. The number of aromatic nitrogens is 3. The number of piperidine rings is 1. The van der Waals surface area contributed by atoms with E-state index in [-0.39, 0.29) is 11.8 Å². The van der Waals surface area contributed by atoms with E-state index in [4.69, 9.17) is 0 Å². The molecule has 1 N–H and O–H groups in total. The first-order valence-electron chi connectivity index (χ1n) is 8.90. The predicted octanol–water partition coefficient (Wildman–Crippen LogP) is 3.19. The quantitative estimate of drug-likeness (QED) is 0.788. The normalized spacial score (nSPS) is 17.3. The van der Waals surface area contributed by atoms with Gasteiger partial charge < -0.3 is 10.2 Å². The van der Waals surface area contributed by atoms with Gasteiger partial charge in [0, 0.05) is 24.7 Å². The van der Waals surface area contributed by atoms with Gasteiger partial charge in [0.1, 0.15) is 0 Å². The number of aryl methyl sites for hydroxylation is 1. The Morgan fingerprint density at radius 1 is 1.15 bits per heavy atom. The van der Waals surface area contributed by atoms with Crippen LogP contribution < -0.4 is 10.2 Å². The molecule has 26 heavy (non-hydrogen) atoms. The van der Waals surface area contributed by atoms with Gasteiger partial charge in [0.05, 0.1) is 22.8 Å². The summed E-state index contributed by atoms with van der Waals surface area (Å²) in [6.07, 6.45) is 3.60. The minimum absolute atomic E-state index is 0.0473. The highest BCUT2D eigenvalue weighted by Crippen LogP contribution is 2.25. The van der Waals surface area contributed by atoms with Gasteiger partial charge in [-0.1, -0.05) is 6.07 Å². The number of nitrogens with zero attached hydrogens (tertiary/aromatic N) is 4. The zero-order valence-corrected chi connectivity index (χ0v) is 14.7. The van der Waals surface area contributed by atoms with Crippen molar-refractivity contribution in [3.63, 3.8) is 0 Å². The van der Waals surface area contributed by atoms with E-state index in [1.807, 2.05) is 49.4 Å². The molecule has 3 heterocycles. The van der Waals surface area contributed by atoms with Crippen molar-refractivity contribution < 1.29 is 4.79 Å². The van der Waals surface area contributed by atoms with Crippen LogP contribution in [0.5, 0.6) is 0 Å². The molecule has 6 nitrogen and oxygen atoms in total. The zero-order valence-electron chi connectivity index (χ0n) is 14.7. The van der Waals surface area contributed by atoms with Gasteiger partial charge in [-0.05, 0) is 56.2 Å². The van der Waals surface area contributed by atoms with Crippen LogP contribution in [0.1, 0.15) is 18.5 Å². The van der Waals surface area contributed by atoms with E-state index in [2.05, 4.69) is 25.4 Å². The number of nitrogens with one attached hydrogen (secondary N) is 1. The van der Waals surface area contributed by atoms with Gasteiger partial charge >= 0.3 is 0 Å². The third kappa shape index (κ3) is 3.35. The van der Waals surface area contributed by atoms with Gasteiger partial charge in [-0.15, -0.1) is 5.10 Å². The number of benzene rings is 1. The Morgan fingerprint density at radius 3 is 2.92 bits per heavy atom. The van der Waals surface area contributed by atoms with E-state index in [0.717, 1.165) is 47.5 Å². The number of hydrogen-bond donors (Lipinski definition) is 1. The molecule has 0 saturated carbocycles. The summed E-state index contributed by atoms with van der Waals surface area (Å²) in [5, 5.41) is 12.4. The molecule has 0 bridgehead atoms. The Labute approximate surface area is 152 Å². The molecule has 1 atom stereocenters. The van der Waals surface area contributed by atoms with Crippen molar-refractivity contribution in [3.8, 4) is 0 Å². The second-order valence-corrected chi connectivity index (χ2v) is 6.68. The van der Waals surface area contributed by atoms with Gasteiger partial charge in [-0.25, -0.2) is 0 Å². The van der Waals surface area contributed by atoms with Crippen LogP contribution in [0.3, 0.4) is 0 Å². The van der Waals surface area contributed by atoms with Crippen LogP contribution >= 0.6 is 0 Å². The maximum atomic E-state index is 12.8. The number of hydrogen-bond acceptors (Lipinski definition) is 5. The number of carbonyl (C=O) groups excluding carboxylic acids is 1. The summed E-state index contributed by atoms with van der Waals surface area (Å²) in [4.78, 5) is 19.3. The summed E-state index contributed by atoms with van der Waals surface area (Å²) < 4.78 is 0. The summed E-state index contributed by atoms with van der Waals surface area (Å²) in [5.74, 6) is 0.812. The lowest BCUT2D eigenvalue weighted by atomic mass is 9.97. The second kappa shape index (κ2) is 7.07. The fourth-order valence-corrected chi connectivity index (χ4v) is 3.41. The monoisotopic (exact) mass is 347 g/mol. The van der Waals surface area contributed by atoms with Crippen molar-refractivity contribution in [2.45, 2.75) is 19.8 Å². The molecule has 1 amide bonds. The second-order valence-electron chi connectivity index (χ2n) is 6.68. The fraction of sp³-hybridized carbons (Fsp3) is 0.300. The largest absolute Gasteiger partial charge is 0.354 e. The van der Waals surface area contributed by atoms with E-state index in [9.17, 15) is 4.79 Å². The molecule has 3 aromatic rings. The van der Waals surface area contributed by atoms with E-state index in [1.54, 1.807) is 6.20 Å². The molecule has 0 spiro atoms. The standard InChI is InChI=1S/C20H21N5O/c1-14-9-10-19(24-23-14)25-12-4-5-15(13-25)20(26)22-18-8-2-7-17-16(18)6-3-11-21-17/h2-3,6-11,15H,4-5,12-13H2,1H3,(H,22,26). The van der Waals surface area contributed by atoms with Gasteiger partial charge in [0.15, 0.2) is 5.82 Å². The Kier molecular flexibility index (Phi) is 4.48. The van der Waals surface area contributed by atoms with Crippen LogP contribution in [0.25, 0.3) is 10.9 Å². The Balaban J connectivity index is 1.50. The van der Waals surface area contributed by atoms with E-state index >= 15 is 0 Å². The van der Waals surface area contributed by atoms with E-state index < -0.39 is 0 Å².